The van der Waals surface area contributed by atoms with Crippen molar-refractivity contribution >= 4 is 17.2 Å². The number of para-hydroxylation sites is 2. The van der Waals surface area contributed by atoms with Gasteiger partial charge in [0.1, 0.15) is 17.4 Å². The summed E-state index contributed by atoms with van der Waals surface area (Å²) < 4.78 is 30.3. The SMILES string of the molecule is COCCN(Cc1csc(COc2ccccc2OC)n1)C(=O)c1ccccc1F. The molecule has 0 atom stereocenters. The van der Waals surface area contributed by atoms with Crippen molar-refractivity contribution in [3.05, 3.63) is 76.0 Å². The standard InChI is InChI=1S/C22H23FN2O4S/c1-27-12-11-25(22(26)17-7-3-4-8-18(17)23)13-16-15-30-21(24-16)14-29-20-10-6-5-9-19(20)28-2/h3-10,15H,11-14H2,1-2H3. The molecule has 0 N–H and O–H groups in total. The number of hydrogen-bond donors (Lipinski definition) is 0. The van der Waals surface area contributed by atoms with Crippen LogP contribution < -0.4 is 9.47 Å². The van der Waals surface area contributed by atoms with Gasteiger partial charge in [0.05, 0.1) is 31.5 Å². The molecular weight excluding hydrogens is 407 g/mol. The van der Waals surface area contributed by atoms with E-state index in [0.29, 0.717) is 30.3 Å². The van der Waals surface area contributed by atoms with E-state index in [2.05, 4.69) is 4.98 Å². The van der Waals surface area contributed by atoms with Gasteiger partial charge in [-0.2, -0.15) is 0 Å². The zero-order chi connectivity index (χ0) is 21.3. The third-order valence-electron chi connectivity index (χ3n) is 4.33. The van der Waals surface area contributed by atoms with Crippen molar-refractivity contribution in [2.45, 2.75) is 13.2 Å². The van der Waals surface area contributed by atoms with Crippen LogP contribution in [-0.2, 0) is 17.9 Å². The molecule has 1 heterocycles. The summed E-state index contributed by atoms with van der Waals surface area (Å²) >= 11 is 1.44. The number of carbonyl (C=O) groups is 1. The number of thiazole rings is 1. The lowest BCUT2D eigenvalue weighted by Gasteiger charge is -2.21. The van der Waals surface area contributed by atoms with Gasteiger partial charge < -0.3 is 19.1 Å². The lowest BCUT2D eigenvalue weighted by Crippen LogP contribution is -2.34. The minimum atomic E-state index is -0.547. The number of halogens is 1. The molecule has 0 saturated heterocycles. The quantitative estimate of drug-likeness (QED) is 0.483. The zero-order valence-corrected chi connectivity index (χ0v) is 17.7. The summed E-state index contributed by atoms with van der Waals surface area (Å²) in [6.07, 6.45) is 0. The van der Waals surface area contributed by atoms with Crippen LogP contribution in [0.3, 0.4) is 0 Å². The number of methoxy groups -OCH3 is 2. The third kappa shape index (κ3) is 5.55. The van der Waals surface area contributed by atoms with Crippen LogP contribution in [0.2, 0.25) is 0 Å². The van der Waals surface area contributed by atoms with E-state index in [1.807, 2.05) is 29.6 Å². The molecule has 8 heteroatoms. The lowest BCUT2D eigenvalue weighted by molar-refractivity contribution is 0.0673. The minimum Gasteiger partial charge on any atom is -0.493 e. The average Bonchev–Trinajstić information content (AvgIpc) is 3.22. The molecule has 0 aliphatic heterocycles. The van der Waals surface area contributed by atoms with Crippen molar-refractivity contribution in [1.29, 1.82) is 0 Å². The molecule has 0 fully saturated rings. The summed E-state index contributed by atoms with van der Waals surface area (Å²) in [5, 5.41) is 2.64. The van der Waals surface area contributed by atoms with Crippen LogP contribution in [0.4, 0.5) is 4.39 Å². The number of aromatic nitrogens is 1. The van der Waals surface area contributed by atoms with Crippen LogP contribution in [0.5, 0.6) is 11.5 Å². The van der Waals surface area contributed by atoms with Crippen molar-refractivity contribution in [3.8, 4) is 11.5 Å². The Kier molecular flexibility index (Phi) is 7.75. The molecule has 0 saturated carbocycles. The van der Waals surface area contributed by atoms with Gasteiger partial charge in [0, 0.05) is 19.0 Å². The Balaban J connectivity index is 1.68. The average molecular weight is 431 g/mol. The van der Waals surface area contributed by atoms with Crippen LogP contribution in [0.25, 0.3) is 0 Å². The maximum Gasteiger partial charge on any atom is 0.257 e. The van der Waals surface area contributed by atoms with Gasteiger partial charge in [0.2, 0.25) is 0 Å². The minimum absolute atomic E-state index is 0.0311. The van der Waals surface area contributed by atoms with Gasteiger partial charge in [-0.15, -0.1) is 11.3 Å². The van der Waals surface area contributed by atoms with Gasteiger partial charge in [-0.3, -0.25) is 4.79 Å². The van der Waals surface area contributed by atoms with Gasteiger partial charge in [0.25, 0.3) is 5.91 Å². The first-order valence-corrected chi connectivity index (χ1v) is 10.2. The molecule has 6 nitrogen and oxygen atoms in total. The second kappa shape index (κ2) is 10.7. The fourth-order valence-electron chi connectivity index (χ4n) is 2.82. The summed E-state index contributed by atoms with van der Waals surface area (Å²) in [6.45, 7) is 1.20. The van der Waals surface area contributed by atoms with E-state index >= 15 is 0 Å². The second-order valence-corrected chi connectivity index (χ2v) is 7.31. The maximum absolute atomic E-state index is 14.1. The molecular formula is C22H23FN2O4S. The molecule has 0 radical (unpaired) electrons. The van der Waals surface area contributed by atoms with Crippen LogP contribution in [0.1, 0.15) is 21.1 Å². The van der Waals surface area contributed by atoms with E-state index in [1.54, 1.807) is 26.4 Å². The smallest absolute Gasteiger partial charge is 0.257 e. The Bertz CT molecular complexity index is 979. The molecule has 3 rings (SSSR count). The summed E-state index contributed by atoms with van der Waals surface area (Å²) in [7, 11) is 3.15. The van der Waals surface area contributed by atoms with Gasteiger partial charge >= 0.3 is 0 Å². The number of benzene rings is 2. The van der Waals surface area contributed by atoms with E-state index in [1.165, 1.54) is 28.4 Å². The van der Waals surface area contributed by atoms with Crippen LogP contribution in [0.15, 0.2) is 53.9 Å². The molecule has 0 aliphatic rings. The predicted octanol–water partition coefficient (Wildman–Crippen LogP) is 4.16. The molecule has 0 spiro atoms. The van der Waals surface area contributed by atoms with E-state index in [-0.39, 0.29) is 18.7 Å². The van der Waals surface area contributed by atoms with Crippen molar-refractivity contribution < 1.29 is 23.4 Å². The topological polar surface area (TPSA) is 60.9 Å². The fourth-order valence-corrected chi connectivity index (χ4v) is 3.52. The monoisotopic (exact) mass is 430 g/mol. The van der Waals surface area contributed by atoms with Crippen molar-refractivity contribution in [2.75, 3.05) is 27.4 Å². The van der Waals surface area contributed by atoms with E-state index in [4.69, 9.17) is 14.2 Å². The largest absolute Gasteiger partial charge is 0.493 e. The summed E-state index contributed by atoms with van der Waals surface area (Å²) in [4.78, 5) is 18.9. The Hall–Kier alpha value is -2.97. The molecule has 1 amide bonds. The van der Waals surface area contributed by atoms with E-state index < -0.39 is 11.7 Å². The Morgan fingerprint density at radius 2 is 1.83 bits per heavy atom. The van der Waals surface area contributed by atoms with Gasteiger partial charge in [0.15, 0.2) is 11.5 Å². The highest BCUT2D eigenvalue weighted by molar-refractivity contribution is 7.09. The molecule has 0 unspecified atom stereocenters. The highest BCUT2D eigenvalue weighted by atomic mass is 32.1. The molecule has 30 heavy (non-hydrogen) atoms. The Labute approximate surface area is 178 Å². The number of nitrogens with zero attached hydrogens (tertiary/aromatic N) is 2. The van der Waals surface area contributed by atoms with Crippen molar-refractivity contribution in [2.24, 2.45) is 0 Å². The van der Waals surface area contributed by atoms with Crippen LogP contribution in [-0.4, -0.2) is 43.2 Å². The predicted molar refractivity (Wildman–Crippen MR) is 112 cm³/mol. The van der Waals surface area contributed by atoms with E-state index in [0.717, 1.165) is 5.01 Å². The highest BCUT2D eigenvalue weighted by Gasteiger charge is 2.20. The highest BCUT2D eigenvalue weighted by Crippen LogP contribution is 2.27. The zero-order valence-electron chi connectivity index (χ0n) is 16.8. The van der Waals surface area contributed by atoms with Crippen LogP contribution in [0, 0.1) is 5.82 Å². The molecule has 1 aromatic heterocycles. The summed E-state index contributed by atoms with van der Waals surface area (Å²) in [5.41, 5.74) is 0.739. The van der Waals surface area contributed by atoms with Gasteiger partial charge in [-0.05, 0) is 24.3 Å². The number of ether oxygens (including phenoxy) is 3. The summed E-state index contributed by atoms with van der Waals surface area (Å²) in [5.74, 6) is 0.336. The van der Waals surface area contributed by atoms with Crippen molar-refractivity contribution in [1.82, 2.24) is 9.88 Å². The van der Waals surface area contributed by atoms with Crippen molar-refractivity contribution in [3.63, 3.8) is 0 Å². The van der Waals surface area contributed by atoms with Crippen LogP contribution >= 0.6 is 11.3 Å². The number of carbonyl (C=O) groups excluding carboxylic acids is 1. The molecule has 158 valence electrons. The van der Waals surface area contributed by atoms with Gasteiger partial charge in [-0.25, -0.2) is 9.37 Å². The first kappa shape index (κ1) is 21.7. The number of rotatable bonds is 10. The number of hydrogen-bond acceptors (Lipinski definition) is 6. The maximum atomic E-state index is 14.1. The third-order valence-corrected chi connectivity index (χ3v) is 5.20. The normalized spacial score (nSPS) is 10.6. The fraction of sp³-hybridized carbons (Fsp3) is 0.273. The second-order valence-electron chi connectivity index (χ2n) is 6.37. The molecule has 0 aliphatic carbocycles. The molecule has 2 aromatic carbocycles. The first-order chi connectivity index (χ1) is 14.6. The molecule has 0 bridgehead atoms. The Morgan fingerprint density at radius 3 is 2.57 bits per heavy atom. The Morgan fingerprint density at radius 1 is 1.10 bits per heavy atom. The van der Waals surface area contributed by atoms with Gasteiger partial charge in [-0.1, -0.05) is 24.3 Å². The van der Waals surface area contributed by atoms with E-state index in [9.17, 15) is 9.18 Å². The summed E-state index contributed by atoms with van der Waals surface area (Å²) in [6, 6.07) is 13.3. The number of amides is 1. The first-order valence-electron chi connectivity index (χ1n) is 9.34. The molecule has 3 aromatic rings. The lowest BCUT2D eigenvalue weighted by atomic mass is 10.2.